The molecular weight excluding hydrogens is 880 g/mol. The average molecular weight is 938 g/mol. The first-order valence-electron chi connectivity index (χ1n) is 21.3. The van der Waals surface area contributed by atoms with Gasteiger partial charge in [0.1, 0.15) is 10.8 Å². The van der Waals surface area contributed by atoms with Crippen molar-refractivity contribution in [2.24, 2.45) is 5.73 Å². The van der Waals surface area contributed by atoms with Crippen molar-refractivity contribution in [1.29, 1.82) is 0 Å². The lowest BCUT2D eigenvalue weighted by Crippen LogP contribution is -2.32. The van der Waals surface area contributed by atoms with Crippen molar-refractivity contribution < 1.29 is 9.53 Å². The predicted molar refractivity (Wildman–Crippen MR) is 263 cm³/mol. The number of aromatic amines is 1. The van der Waals surface area contributed by atoms with Gasteiger partial charge in [0.05, 0.1) is 35.9 Å². The van der Waals surface area contributed by atoms with Gasteiger partial charge in [-0.2, -0.15) is 20.4 Å². The van der Waals surface area contributed by atoms with Gasteiger partial charge in [0.15, 0.2) is 17.5 Å². The molecule has 0 spiro atoms. The van der Waals surface area contributed by atoms with E-state index in [4.69, 9.17) is 35.2 Å². The molecule has 0 bridgehead atoms. The average Bonchev–Trinajstić information content (AvgIpc) is 4.07. The molecule has 0 unspecified atom stereocenters. The summed E-state index contributed by atoms with van der Waals surface area (Å²) in [6.45, 7) is 35.5. The van der Waals surface area contributed by atoms with E-state index in [9.17, 15) is 4.79 Å². The number of nitrogens with two attached hydrogens (primary N) is 1. The van der Waals surface area contributed by atoms with Gasteiger partial charge in [0, 0.05) is 60.7 Å². The summed E-state index contributed by atoms with van der Waals surface area (Å²) in [7, 11) is 0. The van der Waals surface area contributed by atoms with Gasteiger partial charge in [-0.05, 0) is 136 Å². The Bertz CT molecular complexity index is 2900. The molecule has 4 N–H and O–H groups in total. The quantitative estimate of drug-likeness (QED) is 0.106. The first-order chi connectivity index (χ1) is 32.3. The number of halogens is 1. The Balaban J connectivity index is 0.000000195. The second-order valence-corrected chi connectivity index (χ2v) is 16.6. The molecule has 0 aliphatic rings. The first-order valence-corrected chi connectivity index (χ1v) is 21.6. The van der Waals surface area contributed by atoms with E-state index in [-0.39, 0.29) is 0 Å². The smallest absolute Gasteiger partial charge is 0.407 e. The van der Waals surface area contributed by atoms with E-state index < -0.39 is 11.7 Å². The molecule has 0 saturated carbocycles. The van der Waals surface area contributed by atoms with Crippen molar-refractivity contribution in [3.05, 3.63) is 182 Å². The summed E-state index contributed by atoms with van der Waals surface area (Å²) >= 11 is 5.45. The lowest BCUT2D eigenvalue weighted by atomic mass is 10.2. The van der Waals surface area contributed by atoms with Crippen molar-refractivity contribution in [1.82, 2.24) is 64.8 Å². The zero-order chi connectivity index (χ0) is 50.0. The molecule has 19 heteroatoms. The standard InChI is InChI=1S/C16H22N4O2.C11H10N4.C11H14N4.C6H3ClN2.C5H8N2/c1-11-8-12(2)20(19-11)14-7-6-13(9-17-14)10-18-15(21)22-16(3,4)5;1-8-6-9(2)15(14-8)11-5-4-10(12-3)7-13-11;1-8-5-9(2)15(14-8)11-4-3-10(6-12)7-13-11;1-8-5-2-3-6(7)9-4-5;1-4-3-5(2)7-6-4/h6-9H,10H2,1-5H3,(H,18,21);4-7H,1-2H3;3-5,7H,6,12H2,1-2H3;2-4H;3H,1-2H3,(H,6,7). The van der Waals surface area contributed by atoms with Crippen LogP contribution in [-0.2, 0) is 17.8 Å². The molecule has 8 aromatic rings. The highest BCUT2D eigenvalue weighted by Gasteiger charge is 2.16. The number of pyridine rings is 4. The van der Waals surface area contributed by atoms with Crippen LogP contribution in [0, 0.1) is 68.5 Å². The summed E-state index contributed by atoms with van der Waals surface area (Å²) in [6.07, 6.45) is 6.07. The molecular formula is C49H57ClN16O2. The maximum Gasteiger partial charge on any atom is 0.407 e. The van der Waals surface area contributed by atoms with E-state index >= 15 is 0 Å². The zero-order valence-corrected chi connectivity index (χ0v) is 41.0. The molecule has 0 aromatic carbocycles. The fourth-order valence-corrected chi connectivity index (χ4v) is 6.05. The Morgan fingerprint density at radius 3 is 1.38 bits per heavy atom. The fourth-order valence-electron chi connectivity index (χ4n) is 5.94. The predicted octanol–water partition coefficient (Wildman–Crippen LogP) is 10.00. The number of carbonyl (C=O) groups excluding carboxylic acids is 1. The Morgan fingerprint density at radius 1 is 0.647 bits per heavy atom. The number of ether oxygens (including phenoxy) is 1. The van der Waals surface area contributed by atoms with Crippen LogP contribution in [0.3, 0.4) is 0 Å². The van der Waals surface area contributed by atoms with Gasteiger partial charge in [0.2, 0.25) is 11.4 Å². The number of H-pyrrole nitrogens is 1. The number of rotatable bonds is 6. The topological polar surface area (TPSA) is 207 Å². The molecule has 0 radical (unpaired) electrons. The molecule has 8 rings (SSSR count). The van der Waals surface area contributed by atoms with E-state index in [1.165, 1.54) is 6.20 Å². The minimum absolute atomic E-state index is 0.374. The van der Waals surface area contributed by atoms with Crippen molar-refractivity contribution in [2.45, 2.75) is 94.9 Å². The molecule has 0 atom stereocenters. The van der Waals surface area contributed by atoms with Crippen LogP contribution in [0.4, 0.5) is 16.2 Å². The van der Waals surface area contributed by atoms with E-state index in [2.05, 4.69) is 60.4 Å². The Labute approximate surface area is 402 Å². The Hall–Kier alpha value is -8.06. The molecule has 68 heavy (non-hydrogen) atoms. The van der Waals surface area contributed by atoms with Crippen molar-refractivity contribution in [3.63, 3.8) is 0 Å². The van der Waals surface area contributed by atoms with Gasteiger partial charge in [-0.3, -0.25) is 10.1 Å². The molecule has 18 nitrogen and oxygen atoms in total. The summed E-state index contributed by atoms with van der Waals surface area (Å²) in [5.74, 6) is 2.33. The Kier molecular flexibility index (Phi) is 19.3. The largest absolute Gasteiger partial charge is 0.444 e. The van der Waals surface area contributed by atoms with Gasteiger partial charge in [-0.15, -0.1) is 0 Å². The van der Waals surface area contributed by atoms with E-state index in [1.54, 1.807) is 52.2 Å². The number of aryl methyl sites for hydroxylation is 8. The number of amides is 1. The van der Waals surface area contributed by atoms with Crippen LogP contribution in [-0.4, -0.2) is 71.2 Å². The van der Waals surface area contributed by atoms with Crippen LogP contribution >= 0.6 is 11.6 Å². The van der Waals surface area contributed by atoms with Gasteiger partial charge >= 0.3 is 6.09 Å². The molecule has 0 aliphatic heterocycles. The van der Waals surface area contributed by atoms with Gasteiger partial charge < -0.3 is 15.8 Å². The highest BCUT2D eigenvalue weighted by atomic mass is 35.5. The molecule has 1 amide bonds. The van der Waals surface area contributed by atoms with Crippen molar-refractivity contribution in [2.75, 3.05) is 0 Å². The van der Waals surface area contributed by atoms with Crippen LogP contribution < -0.4 is 11.1 Å². The number of nitrogens with one attached hydrogen (secondary N) is 2. The highest BCUT2D eigenvalue weighted by Crippen LogP contribution is 2.16. The minimum atomic E-state index is -0.498. The maximum absolute atomic E-state index is 11.6. The SMILES string of the molecule is Cc1cc(C)[nH]n1.Cc1cc(C)n(-c2ccc(CN)cn2)n1.Cc1cc(C)n(-c2ccc(CNC(=O)OC(C)(C)C)cn2)n1.[C-]#[N+]c1ccc(-n2nc(C)cc2C)nc1.[C-]#[N+]c1ccc(Cl)nc1. The minimum Gasteiger partial charge on any atom is -0.444 e. The first kappa shape index (κ1) is 52.6. The lowest BCUT2D eigenvalue weighted by molar-refractivity contribution is 0.0523. The maximum atomic E-state index is 11.6. The molecule has 0 aliphatic carbocycles. The molecule has 8 aromatic heterocycles. The number of aromatic nitrogens is 12. The van der Waals surface area contributed by atoms with Crippen LogP contribution in [0.15, 0.2) is 97.6 Å². The fraction of sp³-hybridized carbons (Fsp3) is 0.286. The summed E-state index contributed by atoms with van der Waals surface area (Å²) in [5, 5.41) is 22.9. The number of hydrogen-bond acceptors (Lipinski definition) is 11. The van der Waals surface area contributed by atoms with Crippen LogP contribution in [0.25, 0.3) is 27.1 Å². The Morgan fingerprint density at radius 2 is 1.09 bits per heavy atom. The highest BCUT2D eigenvalue weighted by molar-refractivity contribution is 6.29. The number of nitrogens with zero attached hydrogens (tertiary/aromatic N) is 13. The van der Waals surface area contributed by atoms with Gasteiger partial charge in [0.25, 0.3) is 0 Å². The van der Waals surface area contributed by atoms with Gasteiger partial charge in [-0.25, -0.2) is 43.5 Å². The second-order valence-electron chi connectivity index (χ2n) is 16.3. The summed E-state index contributed by atoms with van der Waals surface area (Å²) < 4.78 is 10.6. The van der Waals surface area contributed by atoms with Crippen molar-refractivity contribution >= 4 is 29.1 Å². The van der Waals surface area contributed by atoms with Gasteiger partial charge in [-0.1, -0.05) is 35.9 Å². The normalized spacial score (nSPS) is 10.3. The van der Waals surface area contributed by atoms with E-state index in [0.29, 0.717) is 29.6 Å². The summed E-state index contributed by atoms with van der Waals surface area (Å²) in [4.78, 5) is 34.6. The van der Waals surface area contributed by atoms with Crippen LogP contribution in [0.1, 0.15) is 77.4 Å². The number of hydrogen-bond donors (Lipinski definition) is 3. The van der Waals surface area contributed by atoms with Crippen molar-refractivity contribution in [3.8, 4) is 17.5 Å². The third kappa shape index (κ3) is 17.1. The van der Waals surface area contributed by atoms with E-state index in [1.807, 2.05) is 129 Å². The summed E-state index contributed by atoms with van der Waals surface area (Å²) in [5.41, 5.74) is 16.2. The zero-order valence-electron chi connectivity index (χ0n) is 40.2. The molecule has 0 fully saturated rings. The lowest BCUT2D eigenvalue weighted by Gasteiger charge is -2.19. The molecule has 8 heterocycles. The second kappa shape index (κ2) is 25.0. The van der Waals surface area contributed by atoms with Crippen LogP contribution in [0.5, 0.6) is 0 Å². The summed E-state index contributed by atoms with van der Waals surface area (Å²) in [6, 6.07) is 22.5. The number of alkyl carbamates (subject to hydrolysis) is 1. The van der Waals surface area contributed by atoms with E-state index in [0.717, 1.165) is 74.1 Å². The third-order valence-corrected chi connectivity index (χ3v) is 9.13. The molecule has 0 saturated heterocycles. The monoisotopic (exact) mass is 936 g/mol. The molecule has 352 valence electrons. The van der Waals surface area contributed by atoms with Crippen LogP contribution in [0.2, 0.25) is 5.15 Å². The number of carbonyl (C=O) groups is 1. The third-order valence-electron chi connectivity index (χ3n) is 8.91.